The predicted molar refractivity (Wildman–Crippen MR) is 128 cm³/mol. The summed E-state index contributed by atoms with van der Waals surface area (Å²) in [5.41, 5.74) is -3.26. The van der Waals surface area contributed by atoms with Crippen LogP contribution < -0.4 is 15.5 Å². The monoisotopic (exact) mass is 506 g/mol. The fourth-order valence-electron chi connectivity index (χ4n) is 3.68. The molecule has 1 aromatic rings. The molecule has 1 aliphatic heterocycles. The fraction of sp³-hybridized carbons (Fsp3) is 0.550. The van der Waals surface area contributed by atoms with E-state index in [0.717, 1.165) is 44.0 Å². The van der Waals surface area contributed by atoms with Crippen molar-refractivity contribution < 1.29 is 21.6 Å². The molecule has 1 aromatic carbocycles. The molecule has 0 amide bonds. The number of rotatable bonds is 11. The number of thioether (sulfide) groups is 1. The summed E-state index contributed by atoms with van der Waals surface area (Å²) in [4.78, 5) is 2.16. The van der Waals surface area contributed by atoms with Gasteiger partial charge in [-0.1, -0.05) is 45.0 Å². The Bertz CT molecular complexity index is 996. The first-order chi connectivity index (χ1) is 15.6. The molecule has 0 radical (unpaired) electrons. The van der Waals surface area contributed by atoms with Crippen molar-refractivity contribution in [2.75, 3.05) is 16.2 Å². The molecular weight excluding hydrogens is 477 g/mol. The molecule has 0 spiro atoms. The summed E-state index contributed by atoms with van der Waals surface area (Å²) in [6, 6.07) is 3.46. The van der Waals surface area contributed by atoms with Crippen LogP contribution in [0.4, 0.5) is 30.2 Å². The van der Waals surface area contributed by atoms with Crippen LogP contribution in [0.15, 0.2) is 39.1 Å². The average molecular weight is 507 g/mol. The molecule has 2 rings (SSSR count). The van der Waals surface area contributed by atoms with E-state index in [4.69, 9.17) is 5.84 Å². The van der Waals surface area contributed by atoms with E-state index in [1.54, 1.807) is 10.8 Å². The van der Waals surface area contributed by atoms with Gasteiger partial charge in [-0.3, -0.25) is 4.72 Å². The zero-order chi connectivity index (χ0) is 24.6. The Hall–Kier alpha value is -2.28. The summed E-state index contributed by atoms with van der Waals surface area (Å²) >= 11 is 0.964. The van der Waals surface area contributed by atoms with Crippen LogP contribution in [0.2, 0.25) is 0 Å². The number of sulfonamides is 1. The highest BCUT2D eigenvalue weighted by Gasteiger charge is 2.47. The highest BCUT2D eigenvalue weighted by Crippen LogP contribution is 2.43. The molecule has 1 atom stereocenters. The number of unbranched alkanes of at least 4 members (excludes halogenated alkanes) is 2. The highest BCUT2D eigenvalue weighted by molar-refractivity contribution is 8.15. The van der Waals surface area contributed by atoms with Gasteiger partial charge in [-0.15, -0.1) is 10.2 Å². The average Bonchev–Trinajstić information content (AvgIpc) is 2.76. The van der Waals surface area contributed by atoms with Gasteiger partial charge in [0.25, 0.3) is 0 Å². The molecule has 1 aliphatic rings. The number of hydrazone groups is 1. The van der Waals surface area contributed by atoms with E-state index in [1.807, 2.05) is 0 Å². The number of halogens is 3. The molecule has 0 aromatic heterocycles. The Labute approximate surface area is 196 Å². The molecule has 0 fully saturated rings. The molecule has 1 unspecified atom stereocenters. The molecule has 0 bridgehead atoms. The van der Waals surface area contributed by atoms with Crippen molar-refractivity contribution in [1.82, 2.24) is 0 Å². The van der Waals surface area contributed by atoms with Crippen LogP contribution in [0.3, 0.4) is 0 Å². The van der Waals surface area contributed by atoms with Crippen LogP contribution in [0.1, 0.15) is 51.5 Å². The second-order valence-corrected chi connectivity index (χ2v) is 10.1. The lowest BCUT2D eigenvalue weighted by Gasteiger charge is -2.39. The smallest absolute Gasteiger partial charge is 0.368 e. The van der Waals surface area contributed by atoms with Crippen LogP contribution in [0.5, 0.6) is 0 Å². The van der Waals surface area contributed by atoms with Crippen molar-refractivity contribution >= 4 is 44.4 Å². The van der Waals surface area contributed by atoms with Gasteiger partial charge in [-0.05, 0) is 37.8 Å². The minimum atomic E-state index is -5.65. The van der Waals surface area contributed by atoms with Gasteiger partial charge < -0.3 is 10.7 Å². The second-order valence-electron chi connectivity index (χ2n) is 7.48. The minimum Gasteiger partial charge on any atom is -0.368 e. The summed E-state index contributed by atoms with van der Waals surface area (Å²) in [6.07, 6.45) is 4.95. The van der Waals surface area contributed by atoms with Gasteiger partial charge in [0.15, 0.2) is 0 Å². The number of nitrogens with two attached hydrogens (primary N) is 1. The number of fused-ring (bicyclic) bond motifs is 1. The van der Waals surface area contributed by atoms with Crippen LogP contribution in [-0.4, -0.2) is 32.1 Å². The first-order valence-electron chi connectivity index (χ1n) is 10.6. The van der Waals surface area contributed by atoms with Gasteiger partial charge in [-0.25, -0.2) is 0 Å². The number of nitrogens with one attached hydrogen (secondary N) is 1. The highest BCUT2D eigenvalue weighted by atomic mass is 32.2. The molecule has 33 heavy (non-hydrogen) atoms. The molecule has 3 N–H and O–H groups in total. The second kappa shape index (κ2) is 11.7. The third kappa shape index (κ3) is 6.85. The fourth-order valence-corrected chi connectivity index (χ4v) is 4.57. The number of alkyl halides is 3. The first kappa shape index (κ1) is 27.0. The molecule has 8 nitrogen and oxygen atoms in total. The molecule has 13 heteroatoms. The van der Waals surface area contributed by atoms with Gasteiger partial charge in [0.1, 0.15) is 10.7 Å². The SMILES string of the molecule is C=C(N=Nc1ccc2c(c1NS(=O)(=O)C(F)(F)F)CCC(CC)N2CCCCC)S/C=N\N. The van der Waals surface area contributed by atoms with Gasteiger partial charge in [0.05, 0.1) is 11.2 Å². The lowest BCUT2D eigenvalue weighted by Crippen LogP contribution is -2.40. The molecule has 0 aliphatic carbocycles. The van der Waals surface area contributed by atoms with E-state index < -0.39 is 15.5 Å². The number of anilines is 2. The number of benzene rings is 1. The van der Waals surface area contributed by atoms with Crippen molar-refractivity contribution in [3.63, 3.8) is 0 Å². The topological polar surface area (TPSA) is 113 Å². The van der Waals surface area contributed by atoms with Crippen molar-refractivity contribution in [3.8, 4) is 0 Å². The van der Waals surface area contributed by atoms with Crippen LogP contribution in [0.25, 0.3) is 0 Å². The Kier molecular flexibility index (Phi) is 9.58. The number of hydrogen-bond donors (Lipinski definition) is 2. The maximum atomic E-state index is 13.2. The van der Waals surface area contributed by atoms with Gasteiger partial charge in [0.2, 0.25) is 0 Å². The van der Waals surface area contributed by atoms with Crippen molar-refractivity contribution in [2.24, 2.45) is 21.2 Å². The summed E-state index contributed by atoms with van der Waals surface area (Å²) in [5.74, 6) is 5.02. The van der Waals surface area contributed by atoms with Gasteiger partial charge in [0, 0.05) is 23.8 Å². The Morgan fingerprint density at radius 1 is 1.36 bits per heavy atom. The zero-order valence-corrected chi connectivity index (χ0v) is 20.2. The normalized spacial score (nSPS) is 17.0. The minimum absolute atomic E-state index is 0.0310. The number of hydrogen-bond acceptors (Lipinski definition) is 8. The summed E-state index contributed by atoms with van der Waals surface area (Å²) in [6.45, 7) is 8.53. The van der Waals surface area contributed by atoms with E-state index in [2.05, 4.69) is 40.7 Å². The van der Waals surface area contributed by atoms with Gasteiger partial charge in [-0.2, -0.15) is 26.7 Å². The molecule has 0 saturated heterocycles. The first-order valence-corrected chi connectivity index (χ1v) is 12.9. The van der Waals surface area contributed by atoms with E-state index in [-0.39, 0.29) is 22.4 Å². The summed E-state index contributed by atoms with van der Waals surface area (Å²) in [5, 5.41) is 11.3. The lowest BCUT2D eigenvalue weighted by atomic mass is 9.92. The van der Waals surface area contributed by atoms with E-state index in [1.165, 1.54) is 11.6 Å². The summed E-state index contributed by atoms with van der Waals surface area (Å²) < 4.78 is 65.2. The van der Waals surface area contributed by atoms with Crippen molar-refractivity contribution in [2.45, 2.75) is 63.9 Å². The quantitative estimate of drug-likeness (QED) is 0.0975. The van der Waals surface area contributed by atoms with Gasteiger partial charge >= 0.3 is 15.5 Å². The van der Waals surface area contributed by atoms with Crippen LogP contribution in [0, 0.1) is 0 Å². The van der Waals surface area contributed by atoms with Crippen molar-refractivity contribution in [3.05, 3.63) is 29.3 Å². The maximum Gasteiger partial charge on any atom is 0.516 e. The lowest BCUT2D eigenvalue weighted by molar-refractivity contribution is -0.0429. The molecule has 184 valence electrons. The van der Waals surface area contributed by atoms with Crippen LogP contribution in [-0.2, 0) is 16.4 Å². The van der Waals surface area contributed by atoms with E-state index in [0.29, 0.717) is 24.1 Å². The predicted octanol–water partition coefficient (Wildman–Crippen LogP) is 5.86. The standard InChI is InChI=1S/C20H29F3N6O2S2/c1-4-6-7-12-29-15(5-2)8-9-16-18(29)11-10-17(27-26-14(3)32-13-25-24)19(16)28-33(30,31)20(21,22)23/h10-11,13,15,28H,3-9,12,24H2,1-2H3/b25-13-,27-26?. The summed E-state index contributed by atoms with van der Waals surface area (Å²) in [7, 11) is -5.65. The maximum absolute atomic E-state index is 13.2. The largest absolute Gasteiger partial charge is 0.516 e. The van der Waals surface area contributed by atoms with E-state index in [9.17, 15) is 21.6 Å². The molecule has 1 heterocycles. The number of azo groups is 1. The number of nitrogens with zero attached hydrogens (tertiary/aromatic N) is 4. The Morgan fingerprint density at radius 3 is 2.70 bits per heavy atom. The molecular formula is C20H29F3N6O2S2. The van der Waals surface area contributed by atoms with Crippen molar-refractivity contribution in [1.29, 1.82) is 0 Å². The third-order valence-electron chi connectivity index (χ3n) is 5.28. The molecule has 0 saturated carbocycles. The van der Waals surface area contributed by atoms with Crippen LogP contribution >= 0.6 is 11.8 Å². The Morgan fingerprint density at radius 2 is 2.09 bits per heavy atom. The Balaban J connectivity index is 2.56. The zero-order valence-electron chi connectivity index (χ0n) is 18.6. The van der Waals surface area contributed by atoms with E-state index >= 15 is 0 Å². The third-order valence-corrected chi connectivity index (χ3v) is 6.94.